The molecule has 0 saturated heterocycles. The average Bonchev–Trinajstić information content (AvgIpc) is 2.85. The average molecular weight is 305 g/mol. The minimum Gasteiger partial charge on any atom is -0.399 e. The first-order chi connectivity index (χ1) is 10.0. The summed E-state index contributed by atoms with van der Waals surface area (Å²) in [6.07, 6.45) is 1.23. The van der Waals surface area contributed by atoms with Gasteiger partial charge in [-0.1, -0.05) is 17.8 Å². The van der Waals surface area contributed by atoms with E-state index in [2.05, 4.69) is 20.5 Å². The van der Waals surface area contributed by atoms with Gasteiger partial charge in [0.05, 0.1) is 0 Å². The molecule has 1 aromatic heterocycles. The molecule has 0 unspecified atom stereocenters. The molecule has 0 bridgehead atoms. The number of hydrogen-bond donors (Lipinski definition) is 3. The van der Waals surface area contributed by atoms with Gasteiger partial charge in [-0.3, -0.25) is 9.89 Å². The molecule has 2 aromatic rings. The van der Waals surface area contributed by atoms with Crippen molar-refractivity contribution in [1.82, 2.24) is 15.2 Å². The van der Waals surface area contributed by atoms with Crippen LogP contribution < -0.4 is 11.1 Å². The Morgan fingerprint density at radius 1 is 1.43 bits per heavy atom. The van der Waals surface area contributed by atoms with E-state index in [1.54, 1.807) is 17.8 Å². The van der Waals surface area contributed by atoms with Gasteiger partial charge in [0.15, 0.2) is 0 Å². The lowest BCUT2D eigenvalue weighted by molar-refractivity contribution is -0.116. The monoisotopic (exact) mass is 305 g/mol. The number of carbonyl (C=O) groups is 1. The van der Waals surface area contributed by atoms with Crippen LogP contribution in [0.4, 0.5) is 11.4 Å². The number of nitrogens with one attached hydrogen (secondary N) is 2. The van der Waals surface area contributed by atoms with Crippen molar-refractivity contribution in [3.63, 3.8) is 0 Å². The molecule has 0 aliphatic rings. The number of carbonyl (C=O) groups excluding carboxylic acids is 1. The zero-order valence-corrected chi connectivity index (χ0v) is 13.0. The van der Waals surface area contributed by atoms with Gasteiger partial charge in [0.1, 0.15) is 5.82 Å². The van der Waals surface area contributed by atoms with Crippen molar-refractivity contribution in [2.45, 2.75) is 31.8 Å². The van der Waals surface area contributed by atoms with Gasteiger partial charge in [-0.2, -0.15) is 0 Å². The Morgan fingerprint density at radius 3 is 2.95 bits per heavy atom. The summed E-state index contributed by atoms with van der Waals surface area (Å²) in [4.78, 5) is 16.1. The second-order valence-corrected chi connectivity index (χ2v) is 5.84. The SMILES string of the molecule is Cc1nc(SCCCC(=O)Nc2cc(N)ccc2C)n[nH]1. The number of aromatic amines is 1. The molecule has 1 aromatic carbocycles. The minimum atomic E-state index is -0.00420. The van der Waals surface area contributed by atoms with Gasteiger partial charge in [0.2, 0.25) is 11.1 Å². The lowest BCUT2D eigenvalue weighted by atomic mass is 10.1. The summed E-state index contributed by atoms with van der Waals surface area (Å²) in [6, 6.07) is 5.49. The van der Waals surface area contributed by atoms with Crippen molar-refractivity contribution in [1.29, 1.82) is 0 Å². The van der Waals surface area contributed by atoms with E-state index in [0.717, 1.165) is 34.4 Å². The van der Waals surface area contributed by atoms with Crippen molar-refractivity contribution in [3.8, 4) is 0 Å². The van der Waals surface area contributed by atoms with E-state index in [4.69, 9.17) is 5.73 Å². The number of anilines is 2. The highest BCUT2D eigenvalue weighted by Gasteiger charge is 2.06. The summed E-state index contributed by atoms with van der Waals surface area (Å²) in [5, 5.41) is 10.4. The molecule has 1 heterocycles. The maximum atomic E-state index is 11.9. The highest BCUT2D eigenvalue weighted by molar-refractivity contribution is 7.99. The van der Waals surface area contributed by atoms with Crippen molar-refractivity contribution in [3.05, 3.63) is 29.6 Å². The van der Waals surface area contributed by atoms with E-state index in [1.807, 2.05) is 26.0 Å². The van der Waals surface area contributed by atoms with Crippen LogP contribution in [0.1, 0.15) is 24.2 Å². The third-order valence-corrected chi connectivity index (χ3v) is 3.83. The lowest BCUT2D eigenvalue weighted by Crippen LogP contribution is -2.12. The number of amides is 1. The summed E-state index contributed by atoms with van der Waals surface area (Å²) < 4.78 is 0. The molecule has 1 amide bonds. The number of nitrogen functional groups attached to an aromatic ring is 1. The Labute approximate surface area is 127 Å². The normalized spacial score (nSPS) is 10.6. The maximum Gasteiger partial charge on any atom is 0.224 e. The number of hydrogen-bond acceptors (Lipinski definition) is 5. The van der Waals surface area contributed by atoms with Gasteiger partial charge in [0, 0.05) is 23.5 Å². The van der Waals surface area contributed by atoms with Gasteiger partial charge in [-0.15, -0.1) is 5.10 Å². The molecule has 0 atom stereocenters. The summed E-state index contributed by atoms with van der Waals surface area (Å²) in [7, 11) is 0. The lowest BCUT2D eigenvalue weighted by Gasteiger charge is -2.09. The van der Waals surface area contributed by atoms with Crippen molar-refractivity contribution < 1.29 is 4.79 Å². The number of nitrogens with zero attached hydrogens (tertiary/aromatic N) is 2. The van der Waals surface area contributed by atoms with Crippen molar-refractivity contribution in [2.24, 2.45) is 0 Å². The fourth-order valence-corrected chi connectivity index (χ4v) is 2.55. The van der Waals surface area contributed by atoms with Gasteiger partial charge < -0.3 is 11.1 Å². The summed E-state index contributed by atoms with van der Waals surface area (Å²) in [5.41, 5.74) is 8.14. The third kappa shape index (κ3) is 4.78. The van der Waals surface area contributed by atoms with E-state index < -0.39 is 0 Å². The largest absolute Gasteiger partial charge is 0.399 e. The molecule has 0 fully saturated rings. The topological polar surface area (TPSA) is 96.7 Å². The summed E-state index contributed by atoms with van der Waals surface area (Å²) in [6.45, 7) is 3.80. The Hall–Kier alpha value is -2.02. The number of aromatic nitrogens is 3. The Kier molecular flexibility index (Phi) is 5.21. The number of nitrogens with two attached hydrogens (primary N) is 1. The predicted octanol–water partition coefficient (Wildman–Crippen LogP) is 2.51. The Balaban J connectivity index is 1.73. The smallest absolute Gasteiger partial charge is 0.224 e. The van der Waals surface area contributed by atoms with Crippen LogP contribution in [0.2, 0.25) is 0 Å². The molecule has 2 rings (SSSR count). The van der Waals surface area contributed by atoms with Crippen LogP contribution in [0, 0.1) is 13.8 Å². The Morgan fingerprint density at radius 2 is 2.24 bits per heavy atom. The number of aryl methyl sites for hydroxylation is 2. The molecule has 6 nitrogen and oxygen atoms in total. The van der Waals surface area contributed by atoms with Crippen LogP contribution in [0.3, 0.4) is 0 Å². The molecule has 0 radical (unpaired) electrons. The molecule has 0 aliphatic heterocycles. The fraction of sp³-hybridized carbons (Fsp3) is 0.357. The number of rotatable bonds is 6. The van der Waals surface area contributed by atoms with Crippen molar-refractivity contribution in [2.75, 3.05) is 16.8 Å². The predicted molar refractivity (Wildman–Crippen MR) is 85.3 cm³/mol. The second kappa shape index (κ2) is 7.12. The van der Waals surface area contributed by atoms with E-state index in [-0.39, 0.29) is 5.91 Å². The molecular formula is C14H19N5OS. The molecule has 0 aliphatic carbocycles. The highest BCUT2D eigenvalue weighted by Crippen LogP contribution is 2.19. The van der Waals surface area contributed by atoms with Gasteiger partial charge >= 0.3 is 0 Å². The Bertz CT molecular complexity index is 626. The van der Waals surface area contributed by atoms with E-state index in [9.17, 15) is 4.79 Å². The second-order valence-electron chi connectivity index (χ2n) is 4.78. The maximum absolute atomic E-state index is 11.9. The van der Waals surface area contributed by atoms with Crippen LogP contribution in [-0.2, 0) is 4.79 Å². The zero-order valence-electron chi connectivity index (χ0n) is 12.1. The first-order valence-corrected chi connectivity index (χ1v) is 7.71. The minimum absolute atomic E-state index is 0.00420. The number of H-pyrrole nitrogens is 1. The molecule has 4 N–H and O–H groups in total. The molecule has 0 saturated carbocycles. The van der Waals surface area contributed by atoms with E-state index in [0.29, 0.717) is 12.1 Å². The van der Waals surface area contributed by atoms with E-state index in [1.165, 1.54) is 0 Å². The number of benzene rings is 1. The van der Waals surface area contributed by atoms with Crippen LogP contribution in [-0.4, -0.2) is 26.8 Å². The molecule has 21 heavy (non-hydrogen) atoms. The fourth-order valence-electron chi connectivity index (χ4n) is 1.77. The van der Waals surface area contributed by atoms with E-state index >= 15 is 0 Å². The van der Waals surface area contributed by atoms with Crippen LogP contribution in [0.25, 0.3) is 0 Å². The van der Waals surface area contributed by atoms with Gasteiger partial charge in [-0.25, -0.2) is 4.98 Å². The van der Waals surface area contributed by atoms with Crippen LogP contribution in [0.15, 0.2) is 23.4 Å². The van der Waals surface area contributed by atoms with Crippen LogP contribution >= 0.6 is 11.8 Å². The van der Waals surface area contributed by atoms with Crippen molar-refractivity contribution >= 4 is 29.0 Å². The standard InChI is InChI=1S/C14H19N5OS/c1-9-5-6-11(15)8-12(9)17-13(20)4-3-7-21-14-16-10(2)18-19-14/h5-6,8H,3-4,7,15H2,1-2H3,(H,17,20)(H,16,18,19). The van der Waals surface area contributed by atoms with Crippen LogP contribution in [0.5, 0.6) is 0 Å². The first-order valence-electron chi connectivity index (χ1n) is 6.72. The van der Waals surface area contributed by atoms with Gasteiger partial charge in [-0.05, 0) is 38.0 Å². The molecular weight excluding hydrogens is 286 g/mol. The first kappa shape index (κ1) is 15.4. The molecule has 7 heteroatoms. The summed E-state index contributed by atoms with van der Waals surface area (Å²) >= 11 is 1.54. The number of thioether (sulfide) groups is 1. The zero-order chi connectivity index (χ0) is 15.2. The summed E-state index contributed by atoms with van der Waals surface area (Å²) in [5.74, 6) is 1.60. The highest BCUT2D eigenvalue weighted by atomic mass is 32.2. The van der Waals surface area contributed by atoms with Gasteiger partial charge in [0.25, 0.3) is 0 Å². The third-order valence-electron chi connectivity index (χ3n) is 2.89. The molecule has 0 spiro atoms. The quantitative estimate of drug-likeness (QED) is 0.433. The molecule has 112 valence electrons.